The number of hydrogen-bond donors (Lipinski definition) is 3. The van der Waals surface area contributed by atoms with E-state index in [0.29, 0.717) is 0 Å². The van der Waals surface area contributed by atoms with E-state index in [1.54, 1.807) is 12.1 Å². The summed E-state index contributed by atoms with van der Waals surface area (Å²) in [5.41, 5.74) is -0.584. The van der Waals surface area contributed by atoms with Gasteiger partial charge in [-0.2, -0.15) is 13.2 Å². The molecule has 2 amide bonds. The van der Waals surface area contributed by atoms with E-state index in [0.717, 1.165) is 48.7 Å². The normalized spacial score (nSPS) is 18.7. The van der Waals surface area contributed by atoms with Gasteiger partial charge < -0.3 is 10.6 Å². The van der Waals surface area contributed by atoms with Crippen LogP contribution in [0.1, 0.15) is 30.9 Å². The van der Waals surface area contributed by atoms with E-state index < -0.39 is 44.1 Å². The SMILES string of the molecule is CCCCc1ccc(S(=O)(=O)C2CNC(SCC(=O)Nc3cccc(C(F)(F)F)c3)NC2=O)cc1. The van der Waals surface area contributed by atoms with Crippen molar-refractivity contribution in [2.75, 3.05) is 17.6 Å². The fraction of sp³-hybridized carbons (Fsp3) is 0.391. The molecule has 2 aromatic rings. The molecular formula is C23H26F3N3O4S2. The molecule has 7 nitrogen and oxygen atoms in total. The average molecular weight is 530 g/mol. The molecule has 3 rings (SSSR count). The van der Waals surface area contributed by atoms with E-state index in [4.69, 9.17) is 0 Å². The predicted octanol–water partition coefficient (Wildman–Crippen LogP) is 3.57. The maximum Gasteiger partial charge on any atom is 0.416 e. The zero-order valence-electron chi connectivity index (χ0n) is 18.9. The molecule has 3 N–H and O–H groups in total. The molecular weight excluding hydrogens is 503 g/mol. The number of unbranched alkanes of at least 4 members (excludes halogenated alkanes) is 1. The summed E-state index contributed by atoms with van der Waals surface area (Å²) in [5, 5.41) is 6.48. The van der Waals surface area contributed by atoms with Gasteiger partial charge in [0.2, 0.25) is 11.8 Å². The van der Waals surface area contributed by atoms with Crippen molar-refractivity contribution in [3.8, 4) is 0 Å². The van der Waals surface area contributed by atoms with Crippen molar-refractivity contribution >= 4 is 39.1 Å². The Morgan fingerprint density at radius 2 is 1.89 bits per heavy atom. The van der Waals surface area contributed by atoms with Crippen LogP contribution in [0, 0.1) is 0 Å². The molecule has 1 heterocycles. The van der Waals surface area contributed by atoms with Crippen LogP contribution in [-0.2, 0) is 32.0 Å². The largest absolute Gasteiger partial charge is 0.416 e. The number of sulfone groups is 1. The summed E-state index contributed by atoms with van der Waals surface area (Å²) in [4.78, 5) is 24.8. The molecule has 2 atom stereocenters. The van der Waals surface area contributed by atoms with Crippen LogP contribution in [0.25, 0.3) is 0 Å². The molecule has 1 saturated heterocycles. The maximum atomic E-state index is 12.9. The van der Waals surface area contributed by atoms with Crippen LogP contribution in [0.15, 0.2) is 53.4 Å². The van der Waals surface area contributed by atoms with Crippen LogP contribution in [0.4, 0.5) is 18.9 Å². The fourth-order valence-corrected chi connectivity index (χ4v) is 5.76. The first kappa shape index (κ1) is 27.0. The highest BCUT2D eigenvalue weighted by Gasteiger charge is 2.38. The van der Waals surface area contributed by atoms with Gasteiger partial charge in [-0.3, -0.25) is 14.9 Å². The summed E-state index contributed by atoms with van der Waals surface area (Å²) < 4.78 is 64.3. The van der Waals surface area contributed by atoms with Crippen molar-refractivity contribution in [1.82, 2.24) is 10.6 Å². The number of carbonyl (C=O) groups is 2. The Kier molecular flexibility index (Phi) is 8.84. The Bertz CT molecular complexity index is 1160. The van der Waals surface area contributed by atoms with Crippen LogP contribution in [-0.4, -0.2) is 43.3 Å². The first-order valence-corrected chi connectivity index (χ1v) is 13.6. The van der Waals surface area contributed by atoms with Crippen LogP contribution >= 0.6 is 11.8 Å². The summed E-state index contributed by atoms with van der Waals surface area (Å²) in [7, 11) is -3.92. The fourth-order valence-electron chi connectivity index (χ4n) is 3.45. The second-order valence-corrected chi connectivity index (χ2v) is 11.2. The molecule has 0 aliphatic carbocycles. The monoisotopic (exact) mass is 529 g/mol. The van der Waals surface area contributed by atoms with E-state index in [1.807, 2.05) is 0 Å². The topological polar surface area (TPSA) is 104 Å². The van der Waals surface area contributed by atoms with Gasteiger partial charge in [0, 0.05) is 12.2 Å². The van der Waals surface area contributed by atoms with E-state index in [2.05, 4.69) is 22.9 Å². The molecule has 0 saturated carbocycles. The summed E-state index contributed by atoms with van der Waals surface area (Å²) in [6.07, 6.45) is -1.65. The molecule has 0 radical (unpaired) electrons. The number of aryl methyl sites for hydroxylation is 1. The lowest BCUT2D eigenvalue weighted by molar-refractivity contribution is -0.137. The lowest BCUT2D eigenvalue weighted by atomic mass is 10.1. The Balaban J connectivity index is 1.52. The summed E-state index contributed by atoms with van der Waals surface area (Å²) >= 11 is 0.984. The number of halogens is 3. The second kappa shape index (κ2) is 11.4. The number of anilines is 1. The molecule has 1 aliphatic rings. The van der Waals surface area contributed by atoms with Crippen molar-refractivity contribution < 1.29 is 31.2 Å². The standard InChI is InChI=1S/C23H26F3N3O4S2/c1-2-3-5-15-8-10-18(11-9-15)35(32,33)19-13-27-22(29-21(19)31)34-14-20(30)28-17-7-4-6-16(12-17)23(24,25)26/h4,6-12,19,22,27H,2-3,5,13-14H2,1H3,(H,28,30)(H,29,31). The Labute approximate surface area is 206 Å². The summed E-state index contributed by atoms with van der Waals surface area (Å²) in [6.45, 7) is 1.93. The number of rotatable bonds is 9. The third-order valence-corrected chi connectivity index (χ3v) is 8.46. The highest BCUT2D eigenvalue weighted by atomic mass is 32.2. The number of thioether (sulfide) groups is 1. The third-order valence-electron chi connectivity index (χ3n) is 5.35. The van der Waals surface area contributed by atoms with Gasteiger partial charge in [-0.15, -0.1) is 11.8 Å². The zero-order chi connectivity index (χ0) is 25.6. The van der Waals surface area contributed by atoms with Crippen LogP contribution in [0.5, 0.6) is 0 Å². The van der Waals surface area contributed by atoms with Crippen LogP contribution in [0.3, 0.4) is 0 Å². The predicted molar refractivity (Wildman–Crippen MR) is 128 cm³/mol. The lowest BCUT2D eigenvalue weighted by Crippen LogP contribution is -2.59. The molecule has 190 valence electrons. The Morgan fingerprint density at radius 1 is 1.17 bits per heavy atom. The molecule has 2 unspecified atom stereocenters. The molecule has 0 spiro atoms. The zero-order valence-corrected chi connectivity index (χ0v) is 20.5. The van der Waals surface area contributed by atoms with Gasteiger partial charge in [0.25, 0.3) is 0 Å². The molecule has 1 fully saturated rings. The lowest BCUT2D eigenvalue weighted by Gasteiger charge is -2.29. The highest BCUT2D eigenvalue weighted by Crippen LogP contribution is 2.30. The number of amides is 2. The number of alkyl halides is 3. The van der Waals surface area contributed by atoms with Crippen molar-refractivity contribution in [3.05, 3.63) is 59.7 Å². The third kappa shape index (κ3) is 7.21. The average Bonchev–Trinajstić information content (AvgIpc) is 2.81. The van der Waals surface area contributed by atoms with E-state index in [1.165, 1.54) is 24.3 Å². The minimum Gasteiger partial charge on any atom is -0.331 e. The van der Waals surface area contributed by atoms with Gasteiger partial charge in [-0.1, -0.05) is 31.5 Å². The van der Waals surface area contributed by atoms with Gasteiger partial charge in [-0.05, 0) is 48.7 Å². The van der Waals surface area contributed by atoms with Gasteiger partial charge in [0.05, 0.1) is 16.2 Å². The van der Waals surface area contributed by atoms with Gasteiger partial charge in [0.1, 0.15) is 5.50 Å². The molecule has 0 bridgehead atoms. The van der Waals surface area contributed by atoms with Crippen molar-refractivity contribution in [2.45, 2.75) is 48.0 Å². The first-order valence-electron chi connectivity index (χ1n) is 11.0. The Hall–Kier alpha value is -2.57. The molecule has 1 aliphatic heterocycles. The second-order valence-electron chi connectivity index (χ2n) is 8.02. The van der Waals surface area contributed by atoms with Crippen molar-refractivity contribution in [2.24, 2.45) is 0 Å². The van der Waals surface area contributed by atoms with Crippen molar-refractivity contribution in [1.29, 1.82) is 0 Å². The van der Waals surface area contributed by atoms with Gasteiger partial charge in [-0.25, -0.2) is 8.42 Å². The van der Waals surface area contributed by atoms with E-state index in [-0.39, 0.29) is 22.9 Å². The summed E-state index contributed by atoms with van der Waals surface area (Å²) in [5.74, 6) is -1.43. The number of carbonyl (C=O) groups excluding carboxylic acids is 2. The van der Waals surface area contributed by atoms with E-state index in [9.17, 15) is 31.2 Å². The van der Waals surface area contributed by atoms with Gasteiger partial charge >= 0.3 is 6.18 Å². The Morgan fingerprint density at radius 3 is 2.51 bits per heavy atom. The smallest absolute Gasteiger partial charge is 0.331 e. The minimum absolute atomic E-state index is 0.00191. The van der Waals surface area contributed by atoms with Gasteiger partial charge in [0.15, 0.2) is 15.1 Å². The number of benzene rings is 2. The summed E-state index contributed by atoms with van der Waals surface area (Å²) in [6, 6.07) is 10.8. The van der Waals surface area contributed by atoms with Crippen molar-refractivity contribution in [3.63, 3.8) is 0 Å². The van der Waals surface area contributed by atoms with E-state index >= 15 is 0 Å². The quantitative estimate of drug-likeness (QED) is 0.459. The maximum absolute atomic E-state index is 12.9. The number of nitrogens with one attached hydrogen (secondary N) is 3. The number of hydrogen-bond acceptors (Lipinski definition) is 6. The van der Waals surface area contributed by atoms with Crippen LogP contribution < -0.4 is 16.0 Å². The van der Waals surface area contributed by atoms with Crippen LogP contribution in [0.2, 0.25) is 0 Å². The highest BCUT2D eigenvalue weighted by molar-refractivity contribution is 8.00. The first-order chi connectivity index (χ1) is 16.5. The molecule has 12 heteroatoms. The molecule has 35 heavy (non-hydrogen) atoms. The minimum atomic E-state index is -4.53. The molecule has 2 aromatic carbocycles. The molecule has 0 aromatic heterocycles.